The average molecular weight is 468 g/mol. The summed E-state index contributed by atoms with van der Waals surface area (Å²) in [6.45, 7) is 0.310. The van der Waals surface area contributed by atoms with E-state index in [9.17, 15) is 9.59 Å². The summed E-state index contributed by atoms with van der Waals surface area (Å²) < 4.78 is 7.11. The smallest absolute Gasteiger partial charge is 0.262 e. The van der Waals surface area contributed by atoms with Gasteiger partial charge in [-0.05, 0) is 54.1 Å². The minimum absolute atomic E-state index is 0.0996. The van der Waals surface area contributed by atoms with Gasteiger partial charge in [0, 0.05) is 17.0 Å². The highest BCUT2D eigenvalue weighted by Crippen LogP contribution is 2.23. The number of rotatable bonds is 7. The van der Waals surface area contributed by atoms with E-state index >= 15 is 0 Å². The summed E-state index contributed by atoms with van der Waals surface area (Å²) in [6.07, 6.45) is 1.59. The lowest BCUT2D eigenvalue weighted by atomic mass is 10.1. The Bertz CT molecular complexity index is 1480. The Hall–Kier alpha value is -4.10. The standard InChI is InChI=1S/C27H21N3O3S/c31-25(28-21-7-2-1-3-8-21)20-14-12-19(13-15-20)18-34-27-29-24-11-5-4-10-23(24)26(32)30(27)17-22-9-6-16-33-22/h1-16H,17-18H2,(H,28,31). The molecular formula is C27H21N3O3S. The van der Waals surface area contributed by atoms with Crippen LogP contribution in [-0.2, 0) is 12.3 Å². The molecule has 5 aromatic rings. The lowest BCUT2D eigenvalue weighted by Crippen LogP contribution is -2.23. The van der Waals surface area contributed by atoms with Gasteiger partial charge in [-0.15, -0.1) is 0 Å². The first-order valence-electron chi connectivity index (χ1n) is 10.8. The Balaban J connectivity index is 1.35. The lowest BCUT2D eigenvalue weighted by Gasteiger charge is -2.12. The van der Waals surface area contributed by atoms with Crippen molar-refractivity contribution in [2.24, 2.45) is 0 Å². The number of nitrogens with zero attached hydrogens (tertiary/aromatic N) is 2. The third-order valence-corrected chi connectivity index (χ3v) is 6.38. The molecule has 3 aromatic carbocycles. The molecule has 5 rings (SSSR count). The van der Waals surface area contributed by atoms with Gasteiger partial charge >= 0.3 is 0 Å². The summed E-state index contributed by atoms with van der Waals surface area (Å²) in [4.78, 5) is 30.4. The van der Waals surface area contributed by atoms with Crippen molar-refractivity contribution in [3.63, 3.8) is 0 Å². The van der Waals surface area contributed by atoms with E-state index in [1.165, 1.54) is 11.8 Å². The van der Waals surface area contributed by atoms with Crippen LogP contribution in [-0.4, -0.2) is 15.5 Å². The van der Waals surface area contributed by atoms with Crippen molar-refractivity contribution in [1.29, 1.82) is 0 Å². The number of amides is 1. The van der Waals surface area contributed by atoms with E-state index in [2.05, 4.69) is 5.32 Å². The van der Waals surface area contributed by atoms with Crippen LogP contribution in [0.25, 0.3) is 10.9 Å². The molecule has 7 heteroatoms. The van der Waals surface area contributed by atoms with Crippen LogP contribution in [0.1, 0.15) is 21.7 Å². The molecule has 0 atom stereocenters. The summed E-state index contributed by atoms with van der Waals surface area (Å²) in [5.74, 6) is 1.13. The molecule has 2 heterocycles. The number of hydrogen-bond donors (Lipinski definition) is 1. The van der Waals surface area contributed by atoms with Crippen LogP contribution in [0, 0.1) is 0 Å². The molecule has 0 aliphatic heterocycles. The van der Waals surface area contributed by atoms with Crippen LogP contribution in [0.2, 0.25) is 0 Å². The van der Waals surface area contributed by atoms with Gasteiger partial charge in [-0.3, -0.25) is 14.2 Å². The van der Waals surface area contributed by atoms with Gasteiger partial charge in [-0.1, -0.05) is 54.2 Å². The Morgan fingerprint density at radius 1 is 0.912 bits per heavy atom. The van der Waals surface area contributed by atoms with E-state index in [0.717, 1.165) is 11.3 Å². The van der Waals surface area contributed by atoms with Crippen molar-refractivity contribution < 1.29 is 9.21 Å². The van der Waals surface area contributed by atoms with E-state index in [1.54, 1.807) is 35.1 Å². The SMILES string of the molecule is O=C(Nc1ccccc1)c1ccc(CSc2nc3ccccc3c(=O)n2Cc2ccco2)cc1. The van der Waals surface area contributed by atoms with E-state index in [0.29, 0.717) is 39.7 Å². The number of anilines is 1. The van der Waals surface area contributed by atoms with Crippen LogP contribution in [0.4, 0.5) is 5.69 Å². The Morgan fingerprint density at radius 3 is 2.44 bits per heavy atom. The average Bonchev–Trinajstić information content (AvgIpc) is 3.39. The van der Waals surface area contributed by atoms with Crippen molar-refractivity contribution in [3.8, 4) is 0 Å². The fourth-order valence-corrected chi connectivity index (χ4v) is 4.54. The maximum Gasteiger partial charge on any atom is 0.262 e. The second-order valence-corrected chi connectivity index (χ2v) is 8.63. The van der Waals surface area contributed by atoms with Crippen molar-refractivity contribution in [1.82, 2.24) is 9.55 Å². The minimum Gasteiger partial charge on any atom is -0.467 e. The van der Waals surface area contributed by atoms with Crippen molar-refractivity contribution in [2.45, 2.75) is 17.5 Å². The van der Waals surface area contributed by atoms with Crippen LogP contribution < -0.4 is 10.9 Å². The van der Waals surface area contributed by atoms with E-state index in [-0.39, 0.29) is 11.5 Å². The highest BCUT2D eigenvalue weighted by atomic mass is 32.2. The number of benzene rings is 3. The molecular weight excluding hydrogens is 446 g/mol. The van der Waals surface area contributed by atoms with Crippen molar-refractivity contribution >= 4 is 34.3 Å². The number of fused-ring (bicyclic) bond motifs is 1. The number of carbonyl (C=O) groups excluding carboxylic acids is 1. The zero-order valence-electron chi connectivity index (χ0n) is 18.2. The Labute approximate surface area is 200 Å². The summed E-state index contributed by atoms with van der Waals surface area (Å²) in [5.41, 5.74) is 2.92. The third-order valence-electron chi connectivity index (χ3n) is 5.34. The van der Waals surface area contributed by atoms with Crippen LogP contribution in [0.5, 0.6) is 0 Å². The molecule has 0 aliphatic carbocycles. The highest BCUT2D eigenvalue weighted by molar-refractivity contribution is 7.98. The van der Waals surface area contributed by atoms with Crippen LogP contribution >= 0.6 is 11.8 Å². The Morgan fingerprint density at radius 2 is 1.68 bits per heavy atom. The number of para-hydroxylation sites is 2. The van der Waals surface area contributed by atoms with E-state index < -0.39 is 0 Å². The molecule has 0 saturated heterocycles. The largest absolute Gasteiger partial charge is 0.467 e. The predicted octanol–water partition coefficient (Wildman–Crippen LogP) is 5.58. The second-order valence-electron chi connectivity index (χ2n) is 7.69. The first kappa shape index (κ1) is 21.7. The maximum atomic E-state index is 13.2. The zero-order chi connectivity index (χ0) is 23.3. The molecule has 0 fully saturated rings. The molecule has 0 unspecified atom stereocenters. The predicted molar refractivity (Wildman–Crippen MR) is 134 cm³/mol. The van der Waals surface area contributed by atoms with Crippen molar-refractivity contribution in [2.75, 3.05) is 5.32 Å². The van der Waals surface area contributed by atoms with Gasteiger partial charge in [-0.2, -0.15) is 0 Å². The maximum absolute atomic E-state index is 13.2. The van der Waals surface area contributed by atoms with Gasteiger partial charge in [0.25, 0.3) is 11.5 Å². The lowest BCUT2D eigenvalue weighted by molar-refractivity contribution is 0.102. The number of carbonyl (C=O) groups is 1. The van der Waals surface area contributed by atoms with Crippen LogP contribution in [0.3, 0.4) is 0 Å². The molecule has 0 saturated carbocycles. The zero-order valence-corrected chi connectivity index (χ0v) is 19.0. The number of furan rings is 1. The Kier molecular flexibility index (Phi) is 6.27. The first-order chi connectivity index (χ1) is 16.7. The summed E-state index contributed by atoms with van der Waals surface area (Å²) >= 11 is 1.48. The minimum atomic E-state index is -0.158. The van der Waals surface area contributed by atoms with Crippen molar-refractivity contribution in [3.05, 3.63) is 124 Å². The van der Waals surface area contributed by atoms with Gasteiger partial charge in [0.05, 0.1) is 23.7 Å². The normalized spacial score (nSPS) is 10.9. The van der Waals surface area contributed by atoms with Gasteiger partial charge in [0.1, 0.15) is 5.76 Å². The van der Waals surface area contributed by atoms with Gasteiger partial charge < -0.3 is 9.73 Å². The van der Waals surface area contributed by atoms with Gasteiger partial charge in [0.15, 0.2) is 5.16 Å². The van der Waals surface area contributed by atoms with E-state index in [4.69, 9.17) is 9.40 Å². The highest BCUT2D eigenvalue weighted by Gasteiger charge is 2.14. The summed E-state index contributed by atoms with van der Waals surface area (Å²) in [6, 6.07) is 27.8. The van der Waals surface area contributed by atoms with Gasteiger partial charge in [0.2, 0.25) is 0 Å². The molecule has 0 radical (unpaired) electrons. The number of thioether (sulfide) groups is 1. The molecule has 1 N–H and O–H groups in total. The molecule has 0 aliphatic rings. The second kappa shape index (κ2) is 9.80. The topological polar surface area (TPSA) is 77.1 Å². The molecule has 6 nitrogen and oxygen atoms in total. The quantitative estimate of drug-likeness (QED) is 0.250. The fourth-order valence-electron chi connectivity index (χ4n) is 3.58. The third kappa shape index (κ3) is 4.79. The summed E-state index contributed by atoms with van der Waals surface area (Å²) in [5, 5.41) is 4.08. The first-order valence-corrected chi connectivity index (χ1v) is 11.8. The van der Waals surface area contributed by atoms with Crippen LogP contribution in [0.15, 0.2) is 112 Å². The van der Waals surface area contributed by atoms with E-state index in [1.807, 2.05) is 66.7 Å². The molecule has 1 amide bonds. The number of nitrogens with one attached hydrogen (secondary N) is 1. The number of hydrogen-bond acceptors (Lipinski definition) is 5. The molecule has 2 aromatic heterocycles. The fraction of sp³-hybridized carbons (Fsp3) is 0.0741. The molecule has 0 bridgehead atoms. The molecule has 0 spiro atoms. The van der Waals surface area contributed by atoms with Gasteiger partial charge in [-0.25, -0.2) is 4.98 Å². The molecule has 168 valence electrons. The summed E-state index contributed by atoms with van der Waals surface area (Å²) in [7, 11) is 0. The monoisotopic (exact) mass is 467 g/mol. The number of aromatic nitrogens is 2. The molecule has 34 heavy (non-hydrogen) atoms.